The van der Waals surface area contributed by atoms with Gasteiger partial charge in [-0.05, 0) is 65.2 Å². The summed E-state index contributed by atoms with van der Waals surface area (Å²) in [6.45, 7) is 0. The molecule has 0 saturated heterocycles. The van der Waals surface area contributed by atoms with Gasteiger partial charge in [-0.3, -0.25) is 4.98 Å². The van der Waals surface area contributed by atoms with Crippen molar-refractivity contribution in [2.24, 2.45) is 0 Å². The SMILES string of the molecule is C1=Cc2c(n(-c3ccccc3)c3cc(-c4cccc5c4c4ccccc4n5-c4ccc(-c5ccccc5)cc4)cnc23)C=1. The molecule has 1 aliphatic rings. The van der Waals surface area contributed by atoms with Crippen molar-refractivity contribution in [3.63, 3.8) is 0 Å². The fraction of sp³-hybridized carbons (Fsp3) is 0. The van der Waals surface area contributed by atoms with Crippen LogP contribution in [0.15, 0.2) is 145 Å². The van der Waals surface area contributed by atoms with Gasteiger partial charge in [0.2, 0.25) is 0 Å². The van der Waals surface area contributed by atoms with Gasteiger partial charge in [0.05, 0.1) is 27.8 Å². The number of rotatable bonds is 4. The smallest absolute Gasteiger partial charge is 0.0970 e. The van der Waals surface area contributed by atoms with Gasteiger partial charge in [0.15, 0.2) is 0 Å². The Hall–Kier alpha value is -5.89. The molecule has 3 heterocycles. The summed E-state index contributed by atoms with van der Waals surface area (Å²) >= 11 is 0. The number of hydrogen-bond donors (Lipinski definition) is 0. The van der Waals surface area contributed by atoms with Crippen LogP contribution in [-0.4, -0.2) is 14.1 Å². The van der Waals surface area contributed by atoms with Crippen molar-refractivity contribution in [2.45, 2.75) is 0 Å². The lowest BCUT2D eigenvalue weighted by Gasteiger charge is -2.11. The van der Waals surface area contributed by atoms with E-state index in [0.717, 1.165) is 39.2 Å². The largest absolute Gasteiger partial charge is 0.309 e. The zero-order valence-corrected chi connectivity index (χ0v) is 23.3. The Labute approximate surface area is 248 Å². The van der Waals surface area contributed by atoms with Crippen LogP contribution in [0.5, 0.6) is 0 Å². The Morgan fingerprint density at radius 2 is 1.21 bits per heavy atom. The maximum atomic E-state index is 5.05. The lowest BCUT2D eigenvalue weighted by Crippen LogP contribution is -1.96. The quantitative estimate of drug-likeness (QED) is 0.201. The molecule has 0 N–H and O–H groups in total. The van der Waals surface area contributed by atoms with Crippen molar-refractivity contribution >= 4 is 45.0 Å². The van der Waals surface area contributed by atoms with E-state index in [1.165, 1.54) is 38.5 Å². The minimum Gasteiger partial charge on any atom is -0.309 e. The van der Waals surface area contributed by atoms with Gasteiger partial charge in [-0.2, -0.15) is 0 Å². The van der Waals surface area contributed by atoms with Crippen LogP contribution < -0.4 is 0 Å². The fourth-order valence-corrected chi connectivity index (χ4v) is 6.67. The summed E-state index contributed by atoms with van der Waals surface area (Å²) in [4.78, 5) is 5.05. The van der Waals surface area contributed by atoms with Crippen molar-refractivity contribution < 1.29 is 0 Å². The molecule has 0 unspecified atom stereocenters. The minimum absolute atomic E-state index is 0.997. The second kappa shape index (κ2) is 9.32. The monoisotopic (exact) mass is 547 g/mol. The van der Waals surface area contributed by atoms with Crippen LogP contribution in [0.1, 0.15) is 11.3 Å². The normalized spacial score (nSPS) is 12.1. The molecule has 8 aromatic rings. The highest BCUT2D eigenvalue weighted by Crippen LogP contribution is 2.40. The van der Waals surface area contributed by atoms with Crippen molar-refractivity contribution in [3.8, 4) is 33.6 Å². The number of aromatic nitrogens is 3. The molecule has 0 atom stereocenters. The second-order valence-corrected chi connectivity index (χ2v) is 11.0. The average molecular weight is 548 g/mol. The van der Waals surface area contributed by atoms with E-state index in [1.807, 2.05) is 12.3 Å². The van der Waals surface area contributed by atoms with Crippen LogP contribution in [0.4, 0.5) is 0 Å². The van der Waals surface area contributed by atoms with Gasteiger partial charge in [-0.25, -0.2) is 0 Å². The fourth-order valence-electron chi connectivity index (χ4n) is 6.67. The molecular weight excluding hydrogens is 522 g/mol. The molecule has 0 aliphatic heterocycles. The Morgan fingerprint density at radius 1 is 0.512 bits per heavy atom. The van der Waals surface area contributed by atoms with Gasteiger partial charge in [-0.1, -0.05) is 91.0 Å². The molecule has 0 bridgehead atoms. The summed E-state index contributed by atoms with van der Waals surface area (Å²) < 4.78 is 4.68. The van der Waals surface area contributed by atoms with Crippen LogP contribution in [0.25, 0.3) is 78.6 Å². The number of para-hydroxylation sites is 2. The maximum Gasteiger partial charge on any atom is 0.0970 e. The molecule has 0 radical (unpaired) electrons. The van der Waals surface area contributed by atoms with Gasteiger partial charge in [0, 0.05) is 45.5 Å². The van der Waals surface area contributed by atoms with E-state index >= 15 is 0 Å². The highest BCUT2D eigenvalue weighted by Gasteiger charge is 2.21. The molecule has 43 heavy (non-hydrogen) atoms. The second-order valence-electron chi connectivity index (χ2n) is 11.0. The molecule has 0 spiro atoms. The minimum atomic E-state index is 0.997. The van der Waals surface area contributed by atoms with Crippen molar-refractivity contribution in [1.29, 1.82) is 0 Å². The zero-order chi connectivity index (χ0) is 28.3. The van der Waals surface area contributed by atoms with E-state index in [2.05, 4.69) is 154 Å². The lowest BCUT2D eigenvalue weighted by molar-refractivity contribution is 1.11. The third-order valence-electron chi connectivity index (χ3n) is 8.58. The lowest BCUT2D eigenvalue weighted by atomic mass is 10.0. The number of hydrogen-bond acceptors (Lipinski definition) is 1. The molecule has 3 aromatic heterocycles. The van der Waals surface area contributed by atoms with Gasteiger partial charge >= 0.3 is 0 Å². The Morgan fingerprint density at radius 3 is 2.05 bits per heavy atom. The highest BCUT2D eigenvalue weighted by atomic mass is 15.0. The number of pyridine rings is 1. The van der Waals surface area contributed by atoms with E-state index in [-0.39, 0.29) is 0 Å². The first-order chi connectivity index (χ1) is 21.3. The Balaban J connectivity index is 1.26. The van der Waals surface area contributed by atoms with Crippen LogP contribution >= 0.6 is 0 Å². The number of benzene rings is 5. The molecule has 5 aromatic carbocycles. The number of nitrogens with zero attached hydrogens (tertiary/aromatic N) is 3. The molecule has 3 nitrogen and oxygen atoms in total. The maximum absolute atomic E-state index is 5.05. The van der Waals surface area contributed by atoms with E-state index in [9.17, 15) is 0 Å². The third-order valence-corrected chi connectivity index (χ3v) is 8.58. The summed E-state index contributed by atoms with van der Waals surface area (Å²) in [5.74, 6) is 0. The molecule has 0 saturated carbocycles. The van der Waals surface area contributed by atoms with E-state index < -0.39 is 0 Å². The van der Waals surface area contributed by atoms with Crippen LogP contribution in [0, 0.1) is 0 Å². The molecule has 1 aliphatic carbocycles. The summed E-state index contributed by atoms with van der Waals surface area (Å²) in [5, 5.41) is 2.46. The third kappa shape index (κ3) is 3.59. The predicted molar refractivity (Wildman–Crippen MR) is 179 cm³/mol. The molecule has 0 amide bonds. The van der Waals surface area contributed by atoms with Crippen molar-refractivity contribution in [2.75, 3.05) is 0 Å². The van der Waals surface area contributed by atoms with Gasteiger partial charge < -0.3 is 9.13 Å². The standard InChI is InChI=1S/C40H25N3/c1-3-11-27(12-4-1)28-21-23-31(24-22-28)42-35-18-8-7-15-33(35)39-32(16-9-20-37(39)42)29-25-38-40(41-26-29)34-17-10-19-36(34)43(38)30-13-5-2-6-14-30/h1-9,11-26H. The summed E-state index contributed by atoms with van der Waals surface area (Å²) in [7, 11) is 0. The Kier molecular flexibility index (Phi) is 5.15. The first kappa shape index (κ1) is 23.8. The van der Waals surface area contributed by atoms with Crippen molar-refractivity contribution in [3.05, 3.63) is 157 Å². The number of fused-ring (bicyclic) bond motifs is 6. The molecule has 9 rings (SSSR count). The van der Waals surface area contributed by atoms with Gasteiger partial charge in [0.1, 0.15) is 0 Å². The van der Waals surface area contributed by atoms with E-state index in [1.54, 1.807) is 0 Å². The average Bonchev–Trinajstić information content (AvgIpc) is 3.77. The first-order valence-corrected chi connectivity index (χ1v) is 14.6. The molecule has 3 heteroatoms. The van der Waals surface area contributed by atoms with Crippen LogP contribution in [-0.2, 0) is 0 Å². The zero-order valence-electron chi connectivity index (χ0n) is 23.3. The summed E-state index contributed by atoms with van der Waals surface area (Å²) in [6, 6.07) is 47.6. The molecule has 0 fully saturated rings. The van der Waals surface area contributed by atoms with Crippen molar-refractivity contribution in [1.82, 2.24) is 14.1 Å². The highest BCUT2D eigenvalue weighted by molar-refractivity contribution is 6.16. The van der Waals surface area contributed by atoms with E-state index in [4.69, 9.17) is 4.98 Å². The Bertz CT molecular complexity index is 2400. The predicted octanol–water partition coefficient (Wildman–Crippen LogP) is 10.1. The molecular formula is C40H25N3. The van der Waals surface area contributed by atoms with Gasteiger partial charge in [0.25, 0.3) is 0 Å². The van der Waals surface area contributed by atoms with Gasteiger partial charge in [-0.15, -0.1) is 5.73 Å². The summed E-state index contributed by atoms with van der Waals surface area (Å²) in [5.41, 5.74) is 17.0. The van der Waals surface area contributed by atoms with Crippen LogP contribution in [0.3, 0.4) is 0 Å². The van der Waals surface area contributed by atoms with E-state index in [0.29, 0.717) is 0 Å². The topological polar surface area (TPSA) is 22.8 Å². The molecule has 200 valence electrons. The van der Waals surface area contributed by atoms with Crippen LogP contribution in [0.2, 0.25) is 0 Å². The first-order valence-electron chi connectivity index (χ1n) is 14.6. The summed E-state index contributed by atoms with van der Waals surface area (Å²) in [6.07, 6.45) is 6.13.